The van der Waals surface area contributed by atoms with Crippen molar-refractivity contribution in [2.24, 2.45) is 0 Å². The fourth-order valence-electron chi connectivity index (χ4n) is 3.34. The van der Waals surface area contributed by atoms with Gasteiger partial charge in [-0.15, -0.1) is 0 Å². The monoisotopic (exact) mass is 411 g/mol. The average Bonchev–Trinajstić information content (AvgIpc) is 3.10. The lowest BCUT2D eigenvalue weighted by atomic mass is 10.1. The van der Waals surface area contributed by atoms with Crippen LogP contribution >= 0.6 is 15.9 Å². The standard InChI is InChI=1S/C20H18BrN3O2/c1-12(13-4-7-15(21)8-5-13)22-19(25)14-6-9-16-17(11-14)23-18-3-2-10-24(18)20(16)26/h4-9,11-12H,2-3,10H2,1H3,(H,22,25)/t12-/m1/s1. The first kappa shape index (κ1) is 17.0. The summed E-state index contributed by atoms with van der Waals surface area (Å²) in [7, 11) is 0. The number of hydrogen-bond donors (Lipinski definition) is 1. The summed E-state index contributed by atoms with van der Waals surface area (Å²) in [4.78, 5) is 29.7. The zero-order valence-electron chi connectivity index (χ0n) is 14.3. The molecular weight excluding hydrogens is 394 g/mol. The first-order chi connectivity index (χ1) is 12.5. The molecule has 0 bridgehead atoms. The van der Waals surface area contributed by atoms with Gasteiger partial charge in [0.15, 0.2) is 0 Å². The summed E-state index contributed by atoms with van der Waals surface area (Å²) in [6.07, 6.45) is 1.75. The molecule has 5 nitrogen and oxygen atoms in total. The highest BCUT2D eigenvalue weighted by Gasteiger charge is 2.18. The van der Waals surface area contributed by atoms with Crippen LogP contribution in [-0.4, -0.2) is 15.5 Å². The number of halogens is 1. The molecule has 0 spiro atoms. The van der Waals surface area contributed by atoms with E-state index in [1.807, 2.05) is 31.2 Å². The Labute approximate surface area is 159 Å². The van der Waals surface area contributed by atoms with Crippen molar-refractivity contribution in [2.75, 3.05) is 0 Å². The van der Waals surface area contributed by atoms with Gasteiger partial charge in [0.25, 0.3) is 11.5 Å². The second-order valence-electron chi connectivity index (χ2n) is 6.57. The molecule has 2 heterocycles. The summed E-state index contributed by atoms with van der Waals surface area (Å²) >= 11 is 3.41. The number of rotatable bonds is 3. The number of amides is 1. The van der Waals surface area contributed by atoms with Gasteiger partial charge in [-0.3, -0.25) is 14.2 Å². The van der Waals surface area contributed by atoms with Crippen molar-refractivity contribution in [2.45, 2.75) is 32.4 Å². The third-order valence-corrected chi connectivity index (χ3v) is 5.32. The van der Waals surface area contributed by atoms with E-state index in [2.05, 4.69) is 26.2 Å². The van der Waals surface area contributed by atoms with E-state index in [-0.39, 0.29) is 17.5 Å². The minimum absolute atomic E-state index is 0.0160. The lowest BCUT2D eigenvalue weighted by Crippen LogP contribution is -2.27. The molecule has 6 heteroatoms. The van der Waals surface area contributed by atoms with Gasteiger partial charge in [-0.05, 0) is 49.2 Å². The zero-order valence-corrected chi connectivity index (χ0v) is 15.9. The molecule has 4 rings (SSSR count). The van der Waals surface area contributed by atoms with E-state index in [4.69, 9.17) is 0 Å². The summed E-state index contributed by atoms with van der Waals surface area (Å²) in [5, 5.41) is 3.56. The number of aryl methyl sites for hydroxylation is 1. The second-order valence-corrected chi connectivity index (χ2v) is 7.48. The van der Waals surface area contributed by atoms with Crippen LogP contribution in [0.25, 0.3) is 10.9 Å². The van der Waals surface area contributed by atoms with Crippen LogP contribution in [0.1, 0.15) is 41.1 Å². The van der Waals surface area contributed by atoms with Gasteiger partial charge in [-0.25, -0.2) is 4.98 Å². The highest BCUT2D eigenvalue weighted by molar-refractivity contribution is 9.10. The molecule has 1 atom stereocenters. The van der Waals surface area contributed by atoms with E-state index in [1.54, 1.807) is 22.8 Å². The molecule has 0 saturated carbocycles. The Balaban J connectivity index is 1.62. The molecule has 0 fully saturated rings. The van der Waals surface area contributed by atoms with Crippen LogP contribution in [0.3, 0.4) is 0 Å². The number of hydrogen-bond acceptors (Lipinski definition) is 3. The normalized spacial score (nSPS) is 14.2. The van der Waals surface area contributed by atoms with Crippen LogP contribution in [0.2, 0.25) is 0 Å². The van der Waals surface area contributed by atoms with Crippen LogP contribution in [0.5, 0.6) is 0 Å². The molecule has 0 saturated heterocycles. The highest BCUT2D eigenvalue weighted by Crippen LogP contribution is 2.19. The predicted molar refractivity (Wildman–Crippen MR) is 104 cm³/mol. The van der Waals surface area contributed by atoms with E-state index in [0.29, 0.717) is 16.5 Å². The van der Waals surface area contributed by atoms with Gasteiger partial charge in [0.05, 0.1) is 16.9 Å². The van der Waals surface area contributed by atoms with E-state index >= 15 is 0 Å². The van der Waals surface area contributed by atoms with Crippen molar-refractivity contribution in [3.63, 3.8) is 0 Å². The molecule has 26 heavy (non-hydrogen) atoms. The maximum atomic E-state index is 12.6. The fraction of sp³-hybridized carbons (Fsp3) is 0.250. The number of aromatic nitrogens is 2. The van der Waals surface area contributed by atoms with Crippen LogP contribution in [0.4, 0.5) is 0 Å². The Morgan fingerprint density at radius 1 is 1.23 bits per heavy atom. The second kappa shape index (κ2) is 6.68. The van der Waals surface area contributed by atoms with Crippen molar-refractivity contribution in [3.05, 3.63) is 74.2 Å². The van der Waals surface area contributed by atoms with E-state index in [0.717, 1.165) is 35.2 Å². The minimum atomic E-state index is -0.176. The van der Waals surface area contributed by atoms with Crippen molar-refractivity contribution < 1.29 is 4.79 Å². The lowest BCUT2D eigenvalue weighted by molar-refractivity contribution is 0.0940. The third-order valence-electron chi connectivity index (χ3n) is 4.80. The minimum Gasteiger partial charge on any atom is -0.346 e. The largest absolute Gasteiger partial charge is 0.346 e. The predicted octanol–water partition coefficient (Wildman–Crippen LogP) is 3.60. The summed E-state index contributed by atoms with van der Waals surface area (Å²) in [6, 6.07) is 12.8. The first-order valence-electron chi connectivity index (χ1n) is 8.63. The molecule has 0 radical (unpaired) electrons. The van der Waals surface area contributed by atoms with Crippen LogP contribution < -0.4 is 10.9 Å². The molecule has 1 aromatic heterocycles. The molecule has 1 aliphatic rings. The smallest absolute Gasteiger partial charge is 0.261 e. The summed E-state index contributed by atoms with van der Waals surface area (Å²) in [5.74, 6) is 0.632. The van der Waals surface area contributed by atoms with Gasteiger partial charge in [0, 0.05) is 23.0 Å². The molecule has 1 aliphatic heterocycles. The van der Waals surface area contributed by atoms with Gasteiger partial charge in [-0.1, -0.05) is 28.1 Å². The van der Waals surface area contributed by atoms with E-state index in [9.17, 15) is 9.59 Å². The number of carbonyl (C=O) groups excluding carboxylic acids is 1. The van der Waals surface area contributed by atoms with Crippen LogP contribution in [0, 0.1) is 0 Å². The third kappa shape index (κ3) is 3.05. The quantitative estimate of drug-likeness (QED) is 0.715. The van der Waals surface area contributed by atoms with Crippen molar-refractivity contribution in [1.82, 2.24) is 14.9 Å². The molecule has 3 aromatic rings. The van der Waals surface area contributed by atoms with E-state index < -0.39 is 0 Å². The Morgan fingerprint density at radius 2 is 2.00 bits per heavy atom. The molecule has 1 N–H and O–H groups in total. The van der Waals surface area contributed by atoms with Crippen LogP contribution in [0.15, 0.2) is 51.7 Å². The van der Waals surface area contributed by atoms with Crippen LogP contribution in [-0.2, 0) is 13.0 Å². The van der Waals surface area contributed by atoms with Crippen molar-refractivity contribution >= 4 is 32.7 Å². The first-order valence-corrected chi connectivity index (χ1v) is 9.42. The maximum Gasteiger partial charge on any atom is 0.261 e. The number of carbonyl (C=O) groups is 1. The van der Waals surface area contributed by atoms with Crippen molar-refractivity contribution in [1.29, 1.82) is 0 Å². The topological polar surface area (TPSA) is 64.0 Å². The lowest BCUT2D eigenvalue weighted by Gasteiger charge is -2.15. The SMILES string of the molecule is C[C@@H](NC(=O)c1ccc2c(=O)n3c(nc2c1)CCC3)c1ccc(Br)cc1. The van der Waals surface area contributed by atoms with Gasteiger partial charge in [-0.2, -0.15) is 0 Å². The van der Waals surface area contributed by atoms with Crippen molar-refractivity contribution in [3.8, 4) is 0 Å². The molecule has 0 unspecified atom stereocenters. The molecule has 0 aliphatic carbocycles. The number of nitrogens with zero attached hydrogens (tertiary/aromatic N) is 2. The van der Waals surface area contributed by atoms with Gasteiger partial charge in [0.1, 0.15) is 5.82 Å². The maximum absolute atomic E-state index is 12.6. The Morgan fingerprint density at radius 3 is 2.77 bits per heavy atom. The zero-order chi connectivity index (χ0) is 18.3. The summed E-state index contributed by atoms with van der Waals surface area (Å²) in [6.45, 7) is 2.67. The Kier molecular flexibility index (Phi) is 4.36. The number of fused-ring (bicyclic) bond motifs is 2. The summed E-state index contributed by atoms with van der Waals surface area (Å²) < 4.78 is 2.73. The Hall–Kier alpha value is -2.47. The molecule has 2 aromatic carbocycles. The average molecular weight is 412 g/mol. The number of nitrogens with one attached hydrogen (secondary N) is 1. The van der Waals surface area contributed by atoms with Gasteiger partial charge < -0.3 is 5.32 Å². The van der Waals surface area contributed by atoms with E-state index in [1.165, 1.54) is 0 Å². The van der Waals surface area contributed by atoms with Gasteiger partial charge in [0.2, 0.25) is 0 Å². The molecule has 132 valence electrons. The number of benzene rings is 2. The molecule has 1 amide bonds. The molecular formula is C20H18BrN3O2. The Bertz CT molecular complexity index is 1060. The summed E-state index contributed by atoms with van der Waals surface area (Å²) in [5.41, 5.74) is 2.11. The van der Waals surface area contributed by atoms with Gasteiger partial charge >= 0.3 is 0 Å². The highest BCUT2D eigenvalue weighted by atomic mass is 79.9. The fourth-order valence-corrected chi connectivity index (χ4v) is 3.60.